The first-order valence-corrected chi connectivity index (χ1v) is 11.6. The number of carbonyl (C=O) groups is 3. The topological polar surface area (TPSA) is 84.9 Å². The summed E-state index contributed by atoms with van der Waals surface area (Å²) in [6.07, 6.45) is 0.670. The molecule has 34 heavy (non-hydrogen) atoms. The number of rotatable bonds is 5. The van der Waals surface area contributed by atoms with E-state index in [-0.39, 0.29) is 52.9 Å². The Balaban J connectivity index is 1.06. The van der Waals surface area contributed by atoms with Crippen LogP contribution in [0.25, 0.3) is 0 Å². The Labute approximate surface area is 205 Å². The standard InChI is InChI=1S/C24H21Cl2FN2O5/c25-13-1-4-20-16(5-13)19(30)7-21(34-20)23(32)29-11-24(12-29)8-14(9-24)28-22(31)10-33-15-2-3-17(26)18(27)6-15/h1-6,14,21H,7-12H2,(H,28,31). The number of hydrogen-bond acceptors (Lipinski definition) is 5. The van der Waals surface area contributed by atoms with Gasteiger partial charge in [-0.25, -0.2) is 4.39 Å². The quantitative estimate of drug-likeness (QED) is 0.668. The summed E-state index contributed by atoms with van der Waals surface area (Å²) >= 11 is 11.6. The number of nitrogens with zero attached hydrogens (tertiary/aromatic N) is 1. The van der Waals surface area contributed by atoms with Gasteiger partial charge in [0.05, 0.1) is 17.0 Å². The van der Waals surface area contributed by atoms with Crippen LogP contribution in [0, 0.1) is 11.2 Å². The second-order valence-electron chi connectivity index (χ2n) is 9.11. The highest BCUT2D eigenvalue weighted by atomic mass is 35.5. The van der Waals surface area contributed by atoms with Gasteiger partial charge in [0, 0.05) is 35.6 Å². The van der Waals surface area contributed by atoms with Crippen molar-refractivity contribution in [1.82, 2.24) is 10.2 Å². The maximum absolute atomic E-state index is 13.4. The van der Waals surface area contributed by atoms with E-state index in [1.54, 1.807) is 23.1 Å². The third-order valence-electron chi connectivity index (χ3n) is 6.51. The van der Waals surface area contributed by atoms with Crippen molar-refractivity contribution in [3.8, 4) is 11.5 Å². The fraction of sp³-hybridized carbons (Fsp3) is 0.375. The van der Waals surface area contributed by atoms with E-state index in [1.807, 2.05) is 0 Å². The lowest BCUT2D eigenvalue weighted by Crippen LogP contribution is -2.69. The Morgan fingerprint density at radius 3 is 2.68 bits per heavy atom. The maximum atomic E-state index is 13.4. The Morgan fingerprint density at radius 1 is 1.18 bits per heavy atom. The molecule has 2 aromatic carbocycles. The van der Waals surface area contributed by atoms with Crippen LogP contribution >= 0.6 is 23.2 Å². The van der Waals surface area contributed by atoms with E-state index in [0.717, 1.165) is 18.9 Å². The second-order valence-corrected chi connectivity index (χ2v) is 9.95. The molecule has 3 aliphatic rings. The molecule has 1 spiro atoms. The highest BCUT2D eigenvalue weighted by molar-refractivity contribution is 6.31. The number of amides is 2. The van der Waals surface area contributed by atoms with E-state index < -0.39 is 11.9 Å². The fourth-order valence-corrected chi connectivity index (χ4v) is 5.18. The van der Waals surface area contributed by atoms with Crippen molar-refractivity contribution in [2.75, 3.05) is 19.7 Å². The first-order valence-electron chi connectivity index (χ1n) is 10.9. The molecule has 0 radical (unpaired) electrons. The number of halogens is 3. The van der Waals surface area contributed by atoms with Crippen molar-refractivity contribution in [2.24, 2.45) is 5.41 Å². The van der Waals surface area contributed by atoms with Gasteiger partial charge in [-0.15, -0.1) is 0 Å². The molecule has 5 rings (SSSR count). The van der Waals surface area contributed by atoms with Gasteiger partial charge in [0.1, 0.15) is 17.3 Å². The van der Waals surface area contributed by atoms with Gasteiger partial charge in [-0.2, -0.15) is 0 Å². The van der Waals surface area contributed by atoms with Crippen LogP contribution in [0.15, 0.2) is 36.4 Å². The second kappa shape index (κ2) is 8.74. The molecule has 2 heterocycles. The molecule has 10 heteroatoms. The lowest BCUT2D eigenvalue weighted by molar-refractivity contribution is -0.160. The predicted molar refractivity (Wildman–Crippen MR) is 122 cm³/mol. The van der Waals surface area contributed by atoms with E-state index >= 15 is 0 Å². The molecule has 2 aliphatic heterocycles. The normalized spacial score (nSPS) is 20.6. The first-order chi connectivity index (χ1) is 16.2. The number of likely N-dealkylation sites (tertiary alicyclic amines) is 1. The summed E-state index contributed by atoms with van der Waals surface area (Å²) < 4.78 is 24.5. The highest BCUT2D eigenvalue weighted by Crippen LogP contribution is 2.48. The van der Waals surface area contributed by atoms with Gasteiger partial charge in [0.25, 0.3) is 11.8 Å². The van der Waals surface area contributed by atoms with Crippen molar-refractivity contribution in [1.29, 1.82) is 0 Å². The van der Waals surface area contributed by atoms with Crippen molar-refractivity contribution in [3.05, 3.63) is 57.8 Å². The monoisotopic (exact) mass is 506 g/mol. The molecule has 1 unspecified atom stereocenters. The molecule has 1 aliphatic carbocycles. The average Bonchev–Trinajstić information content (AvgIpc) is 2.75. The van der Waals surface area contributed by atoms with Crippen LogP contribution in [-0.2, 0) is 9.59 Å². The van der Waals surface area contributed by atoms with Crippen LogP contribution in [0.1, 0.15) is 29.6 Å². The van der Waals surface area contributed by atoms with Crippen molar-refractivity contribution >= 4 is 40.8 Å². The Morgan fingerprint density at radius 2 is 1.94 bits per heavy atom. The number of ether oxygens (including phenoxy) is 2. The van der Waals surface area contributed by atoms with Gasteiger partial charge in [0.2, 0.25) is 0 Å². The van der Waals surface area contributed by atoms with E-state index in [4.69, 9.17) is 32.7 Å². The zero-order valence-corrected chi connectivity index (χ0v) is 19.5. The number of fused-ring (bicyclic) bond motifs is 1. The molecule has 0 bridgehead atoms. The van der Waals surface area contributed by atoms with Crippen LogP contribution < -0.4 is 14.8 Å². The first kappa shape index (κ1) is 22.9. The minimum atomic E-state index is -0.830. The fourth-order valence-electron chi connectivity index (χ4n) is 4.89. The van der Waals surface area contributed by atoms with Crippen LogP contribution in [0.2, 0.25) is 10.0 Å². The van der Waals surface area contributed by atoms with E-state index in [0.29, 0.717) is 29.4 Å². The van der Waals surface area contributed by atoms with Gasteiger partial charge in [-0.1, -0.05) is 23.2 Å². The molecule has 1 N–H and O–H groups in total. The van der Waals surface area contributed by atoms with Crippen molar-refractivity contribution in [2.45, 2.75) is 31.4 Å². The molecule has 1 atom stereocenters. The zero-order valence-electron chi connectivity index (χ0n) is 18.0. The molecular weight excluding hydrogens is 486 g/mol. The van der Waals surface area contributed by atoms with E-state index in [2.05, 4.69) is 5.32 Å². The molecule has 1 saturated heterocycles. The summed E-state index contributed by atoms with van der Waals surface area (Å²) in [7, 11) is 0. The van der Waals surface area contributed by atoms with Gasteiger partial charge >= 0.3 is 0 Å². The number of ketones is 1. The van der Waals surface area contributed by atoms with Crippen molar-refractivity contribution < 1.29 is 28.2 Å². The number of nitrogens with one attached hydrogen (secondary N) is 1. The highest BCUT2D eigenvalue weighted by Gasteiger charge is 2.55. The number of Topliss-reactive ketones (excluding diaryl/α,β-unsaturated/α-hetero) is 1. The zero-order chi connectivity index (χ0) is 24.0. The smallest absolute Gasteiger partial charge is 0.264 e. The van der Waals surface area contributed by atoms with E-state index in [9.17, 15) is 18.8 Å². The van der Waals surface area contributed by atoms with Gasteiger partial charge in [0.15, 0.2) is 18.5 Å². The number of carbonyl (C=O) groups excluding carboxylic acids is 3. The summed E-state index contributed by atoms with van der Waals surface area (Å²) in [4.78, 5) is 39.1. The Bertz CT molecular complexity index is 1180. The summed E-state index contributed by atoms with van der Waals surface area (Å²) in [6, 6.07) is 8.78. The van der Waals surface area contributed by atoms with Crippen molar-refractivity contribution in [3.63, 3.8) is 0 Å². The Kier molecular flexibility index (Phi) is 5.90. The summed E-state index contributed by atoms with van der Waals surface area (Å²) in [5.74, 6) is -0.659. The van der Waals surface area contributed by atoms with Crippen LogP contribution in [0.5, 0.6) is 11.5 Å². The van der Waals surface area contributed by atoms with Gasteiger partial charge < -0.3 is 19.7 Å². The largest absolute Gasteiger partial charge is 0.484 e. The molecule has 2 aromatic rings. The third-order valence-corrected chi connectivity index (χ3v) is 7.05. The average molecular weight is 507 g/mol. The number of benzene rings is 2. The van der Waals surface area contributed by atoms with Crippen LogP contribution in [0.4, 0.5) is 4.39 Å². The summed E-state index contributed by atoms with van der Waals surface area (Å²) in [6.45, 7) is 0.912. The Hall–Kier alpha value is -2.84. The maximum Gasteiger partial charge on any atom is 0.264 e. The lowest BCUT2D eigenvalue weighted by atomic mass is 9.60. The van der Waals surface area contributed by atoms with Gasteiger partial charge in [-0.05, 0) is 43.2 Å². The molecular formula is C24H21Cl2FN2O5. The lowest BCUT2D eigenvalue weighted by Gasteiger charge is -2.59. The minimum absolute atomic E-state index is 0.000519. The number of hydrogen-bond donors (Lipinski definition) is 1. The molecule has 178 valence electrons. The van der Waals surface area contributed by atoms with Crippen LogP contribution in [0.3, 0.4) is 0 Å². The van der Waals surface area contributed by atoms with Crippen LogP contribution in [-0.4, -0.2) is 54.3 Å². The molecule has 2 fully saturated rings. The van der Waals surface area contributed by atoms with Gasteiger partial charge in [-0.3, -0.25) is 14.4 Å². The third kappa shape index (κ3) is 4.44. The summed E-state index contributed by atoms with van der Waals surface area (Å²) in [5, 5.41) is 3.33. The molecule has 0 aromatic heterocycles. The predicted octanol–water partition coefficient (Wildman–Crippen LogP) is 3.65. The molecule has 1 saturated carbocycles. The minimum Gasteiger partial charge on any atom is -0.484 e. The summed E-state index contributed by atoms with van der Waals surface area (Å²) in [5.41, 5.74) is 0.386. The van der Waals surface area contributed by atoms with E-state index in [1.165, 1.54) is 12.1 Å². The molecule has 7 nitrogen and oxygen atoms in total. The molecule has 2 amide bonds. The SMILES string of the molecule is O=C(COc1ccc(Cl)c(F)c1)NC1CC2(C1)CN(C(=O)C1CC(=O)c3cc(Cl)ccc3O1)C2.